The van der Waals surface area contributed by atoms with E-state index in [1.165, 1.54) is 6.07 Å². The average Bonchev–Trinajstić information content (AvgIpc) is 2.74. The first-order valence-corrected chi connectivity index (χ1v) is 10.8. The van der Waals surface area contributed by atoms with E-state index in [0.29, 0.717) is 23.4 Å². The molecule has 0 saturated carbocycles. The summed E-state index contributed by atoms with van der Waals surface area (Å²) in [6.07, 6.45) is 5.17. The van der Waals surface area contributed by atoms with Gasteiger partial charge in [-0.2, -0.15) is 0 Å². The largest absolute Gasteiger partial charge is 0.462 e. The van der Waals surface area contributed by atoms with Crippen molar-refractivity contribution < 1.29 is 13.9 Å². The SMILES string of the molecule is CCCCCCOC(=O)c1ccc(N=C(C)c2ccc(N)c(F)c2)c(C(C)CC)c1. The molecule has 0 bridgehead atoms. The molecule has 0 aliphatic rings. The molecule has 0 fully saturated rings. The Morgan fingerprint density at radius 2 is 1.83 bits per heavy atom. The van der Waals surface area contributed by atoms with Crippen molar-refractivity contribution in [1.82, 2.24) is 0 Å². The minimum atomic E-state index is -0.457. The van der Waals surface area contributed by atoms with Crippen molar-refractivity contribution in [3.8, 4) is 0 Å². The van der Waals surface area contributed by atoms with Gasteiger partial charge in [0.1, 0.15) is 5.82 Å². The second-order valence-corrected chi connectivity index (χ2v) is 7.71. The van der Waals surface area contributed by atoms with Crippen LogP contribution in [0.15, 0.2) is 41.4 Å². The van der Waals surface area contributed by atoms with Gasteiger partial charge in [-0.3, -0.25) is 4.99 Å². The quantitative estimate of drug-likeness (QED) is 0.202. The van der Waals surface area contributed by atoms with Gasteiger partial charge in [0.2, 0.25) is 0 Å². The van der Waals surface area contributed by atoms with E-state index in [4.69, 9.17) is 15.5 Å². The Balaban J connectivity index is 2.25. The fourth-order valence-electron chi connectivity index (χ4n) is 3.17. The molecule has 0 saturated heterocycles. The maximum absolute atomic E-state index is 13.8. The summed E-state index contributed by atoms with van der Waals surface area (Å²) in [5.41, 5.74) is 9.34. The summed E-state index contributed by atoms with van der Waals surface area (Å²) >= 11 is 0. The number of benzene rings is 2. The molecule has 0 spiro atoms. The van der Waals surface area contributed by atoms with Crippen LogP contribution in [0.25, 0.3) is 0 Å². The Hall–Kier alpha value is -2.69. The van der Waals surface area contributed by atoms with Crippen LogP contribution in [-0.4, -0.2) is 18.3 Å². The zero-order valence-electron chi connectivity index (χ0n) is 18.5. The molecule has 1 atom stereocenters. The van der Waals surface area contributed by atoms with E-state index in [1.807, 2.05) is 19.1 Å². The third-order valence-electron chi connectivity index (χ3n) is 5.34. The lowest BCUT2D eigenvalue weighted by molar-refractivity contribution is 0.0497. The van der Waals surface area contributed by atoms with E-state index in [2.05, 4.69) is 20.8 Å². The van der Waals surface area contributed by atoms with Crippen molar-refractivity contribution in [3.05, 3.63) is 58.9 Å². The summed E-state index contributed by atoms with van der Waals surface area (Å²) in [5, 5.41) is 0. The van der Waals surface area contributed by atoms with E-state index >= 15 is 0 Å². The van der Waals surface area contributed by atoms with Gasteiger partial charge in [-0.25, -0.2) is 9.18 Å². The van der Waals surface area contributed by atoms with Crippen molar-refractivity contribution >= 4 is 23.1 Å². The molecule has 2 aromatic rings. The molecule has 30 heavy (non-hydrogen) atoms. The molecule has 0 amide bonds. The van der Waals surface area contributed by atoms with Crippen LogP contribution in [-0.2, 0) is 4.74 Å². The summed E-state index contributed by atoms with van der Waals surface area (Å²) in [7, 11) is 0. The number of carbonyl (C=O) groups is 1. The minimum Gasteiger partial charge on any atom is -0.462 e. The van der Waals surface area contributed by atoms with E-state index in [-0.39, 0.29) is 17.6 Å². The molecule has 162 valence electrons. The normalized spacial score (nSPS) is 12.6. The molecule has 4 nitrogen and oxygen atoms in total. The van der Waals surface area contributed by atoms with E-state index < -0.39 is 5.82 Å². The van der Waals surface area contributed by atoms with Crippen LogP contribution < -0.4 is 5.73 Å². The van der Waals surface area contributed by atoms with Gasteiger partial charge in [-0.05, 0) is 67.1 Å². The molecular weight excluding hydrogens is 379 g/mol. The van der Waals surface area contributed by atoms with Crippen LogP contribution in [0.3, 0.4) is 0 Å². The number of hydrogen-bond acceptors (Lipinski definition) is 4. The van der Waals surface area contributed by atoms with Gasteiger partial charge < -0.3 is 10.5 Å². The maximum atomic E-state index is 13.8. The predicted molar refractivity (Wildman–Crippen MR) is 122 cm³/mol. The highest BCUT2D eigenvalue weighted by atomic mass is 19.1. The Bertz CT molecular complexity index is 893. The molecule has 0 radical (unpaired) electrons. The van der Waals surface area contributed by atoms with Gasteiger partial charge in [0.25, 0.3) is 0 Å². The van der Waals surface area contributed by atoms with E-state index in [9.17, 15) is 9.18 Å². The average molecular weight is 413 g/mol. The third-order valence-corrected chi connectivity index (χ3v) is 5.34. The van der Waals surface area contributed by atoms with Crippen molar-refractivity contribution in [2.45, 2.75) is 65.7 Å². The molecule has 2 N–H and O–H groups in total. The molecule has 0 aromatic heterocycles. The van der Waals surface area contributed by atoms with Crippen LogP contribution in [0.2, 0.25) is 0 Å². The number of nitrogens with zero attached hydrogens (tertiary/aromatic N) is 1. The van der Waals surface area contributed by atoms with Crippen molar-refractivity contribution in [2.24, 2.45) is 4.99 Å². The van der Waals surface area contributed by atoms with Gasteiger partial charge in [0.15, 0.2) is 0 Å². The number of nitrogen functional groups attached to an aromatic ring is 1. The Morgan fingerprint density at radius 1 is 1.10 bits per heavy atom. The summed E-state index contributed by atoms with van der Waals surface area (Å²) in [6.45, 7) is 8.63. The molecule has 2 rings (SSSR count). The fourth-order valence-corrected chi connectivity index (χ4v) is 3.17. The fraction of sp³-hybridized carbons (Fsp3) is 0.440. The number of rotatable bonds is 10. The van der Waals surface area contributed by atoms with Crippen molar-refractivity contribution in [3.63, 3.8) is 0 Å². The highest BCUT2D eigenvalue weighted by Crippen LogP contribution is 2.31. The number of hydrogen-bond donors (Lipinski definition) is 1. The second kappa shape index (κ2) is 11.5. The van der Waals surface area contributed by atoms with Gasteiger partial charge in [0.05, 0.1) is 23.5 Å². The van der Waals surface area contributed by atoms with Gasteiger partial charge in [0, 0.05) is 5.71 Å². The van der Waals surface area contributed by atoms with Gasteiger partial charge in [-0.15, -0.1) is 0 Å². The summed E-state index contributed by atoms with van der Waals surface area (Å²) in [6, 6.07) is 10.1. The zero-order chi connectivity index (χ0) is 22.1. The summed E-state index contributed by atoms with van der Waals surface area (Å²) < 4.78 is 19.3. The molecule has 2 aromatic carbocycles. The Kier molecular flexibility index (Phi) is 9.03. The van der Waals surface area contributed by atoms with Crippen LogP contribution in [0.4, 0.5) is 15.8 Å². The van der Waals surface area contributed by atoms with Crippen LogP contribution in [0, 0.1) is 5.82 Å². The lowest BCUT2D eigenvalue weighted by Crippen LogP contribution is -2.08. The minimum absolute atomic E-state index is 0.115. The zero-order valence-corrected chi connectivity index (χ0v) is 18.5. The van der Waals surface area contributed by atoms with Crippen LogP contribution in [0.1, 0.15) is 87.2 Å². The lowest BCUT2D eigenvalue weighted by atomic mass is 9.95. The lowest BCUT2D eigenvalue weighted by Gasteiger charge is -2.15. The summed E-state index contributed by atoms with van der Waals surface area (Å²) in [5.74, 6) is -0.540. The van der Waals surface area contributed by atoms with Gasteiger partial charge >= 0.3 is 5.97 Å². The number of nitrogens with two attached hydrogens (primary N) is 1. The van der Waals surface area contributed by atoms with Crippen LogP contribution >= 0.6 is 0 Å². The van der Waals surface area contributed by atoms with Crippen LogP contribution in [0.5, 0.6) is 0 Å². The highest BCUT2D eigenvalue weighted by molar-refractivity contribution is 6.01. The first-order valence-electron chi connectivity index (χ1n) is 10.8. The number of ether oxygens (including phenoxy) is 1. The number of anilines is 1. The number of halogens is 1. The standard InChI is InChI=1S/C25H33FN2O2/c1-5-7-8-9-14-30-25(29)20-11-13-24(21(15-20)17(3)6-2)28-18(4)19-10-12-23(27)22(26)16-19/h10-13,15-17H,5-9,14,27H2,1-4H3. The van der Waals surface area contributed by atoms with Crippen molar-refractivity contribution in [2.75, 3.05) is 12.3 Å². The first kappa shape index (κ1) is 23.6. The Labute approximate surface area is 179 Å². The second-order valence-electron chi connectivity index (χ2n) is 7.71. The summed E-state index contributed by atoms with van der Waals surface area (Å²) in [4.78, 5) is 17.2. The third kappa shape index (κ3) is 6.41. The smallest absolute Gasteiger partial charge is 0.338 e. The first-order chi connectivity index (χ1) is 14.4. The molecular formula is C25H33FN2O2. The highest BCUT2D eigenvalue weighted by Gasteiger charge is 2.15. The van der Waals surface area contributed by atoms with E-state index in [1.54, 1.807) is 18.2 Å². The Morgan fingerprint density at radius 3 is 2.50 bits per heavy atom. The molecule has 0 aliphatic heterocycles. The number of unbranched alkanes of at least 4 members (excludes halogenated alkanes) is 3. The number of carbonyl (C=O) groups excluding carboxylic acids is 1. The number of esters is 1. The maximum Gasteiger partial charge on any atom is 0.338 e. The topological polar surface area (TPSA) is 64.7 Å². The van der Waals surface area contributed by atoms with E-state index in [0.717, 1.165) is 43.4 Å². The predicted octanol–water partition coefficient (Wildman–Crippen LogP) is 6.80. The molecule has 5 heteroatoms. The monoisotopic (exact) mass is 412 g/mol. The van der Waals surface area contributed by atoms with Crippen molar-refractivity contribution in [1.29, 1.82) is 0 Å². The molecule has 0 heterocycles. The molecule has 0 aliphatic carbocycles. The molecule has 1 unspecified atom stereocenters. The van der Waals surface area contributed by atoms with Gasteiger partial charge in [-0.1, -0.05) is 46.1 Å². The number of aliphatic imine (C=N–C) groups is 1.